The molecule has 0 aromatic heterocycles. The third kappa shape index (κ3) is 3.06. The van der Waals surface area contributed by atoms with Crippen molar-refractivity contribution in [2.75, 3.05) is 6.61 Å². The van der Waals surface area contributed by atoms with E-state index >= 15 is 0 Å². The second-order valence-electron chi connectivity index (χ2n) is 6.44. The normalized spacial score (nSPS) is 11.0. The van der Waals surface area contributed by atoms with Crippen LogP contribution >= 0.6 is 0 Å². The van der Waals surface area contributed by atoms with E-state index in [1.807, 2.05) is 0 Å². The zero-order valence-electron chi connectivity index (χ0n) is 14.7. The van der Waals surface area contributed by atoms with Gasteiger partial charge in [0.25, 0.3) is 0 Å². The molecule has 0 aliphatic carbocycles. The highest BCUT2D eigenvalue weighted by atomic mass is 16.5. The van der Waals surface area contributed by atoms with Crippen LogP contribution in [0.3, 0.4) is 0 Å². The summed E-state index contributed by atoms with van der Waals surface area (Å²) in [6.45, 7) is 1.84. The van der Waals surface area contributed by atoms with Gasteiger partial charge in [0.1, 0.15) is 0 Å². The Balaban J connectivity index is 1.95. The van der Waals surface area contributed by atoms with Gasteiger partial charge in [0.15, 0.2) is 0 Å². The van der Waals surface area contributed by atoms with E-state index in [0.717, 1.165) is 0 Å². The summed E-state index contributed by atoms with van der Waals surface area (Å²) in [5, 5.41) is 4.90. The molecule has 0 radical (unpaired) electrons. The summed E-state index contributed by atoms with van der Waals surface area (Å²) in [5.41, 5.74) is 3.64. The standard InChI is InChI=1S/C24H20O2/c1-17(25)26-16-15-20-14-13-19-8-3-5-11-22(19)24(20)23-12-6-9-18-7-2-4-10-21(18)23/h2-14H,15-16H2,1H3. The SMILES string of the molecule is CC(=O)OCCc1ccc2ccccc2c1-c1cccc2ccccc12. The van der Waals surface area contributed by atoms with E-state index in [9.17, 15) is 4.79 Å². The van der Waals surface area contributed by atoms with Crippen LogP contribution in [0.25, 0.3) is 32.7 Å². The minimum absolute atomic E-state index is 0.238. The van der Waals surface area contributed by atoms with Crippen LogP contribution in [0.2, 0.25) is 0 Å². The molecule has 0 heterocycles. The smallest absolute Gasteiger partial charge is 0.302 e. The minimum Gasteiger partial charge on any atom is -0.466 e. The van der Waals surface area contributed by atoms with Gasteiger partial charge < -0.3 is 4.74 Å². The maximum atomic E-state index is 11.2. The van der Waals surface area contributed by atoms with E-state index in [4.69, 9.17) is 4.74 Å². The summed E-state index contributed by atoms with van der Waals surface area (Å²) in [7, 11) is 0. The predicted octanol–water partition coefficient (Wildman–Crippen LogP) is 5.77. The van der Waals surface area contributed by atoms with Crippen molar-refractivity contribution >= 4 is 27.5 Å². The molecule has 0 aliphatic heterocycles. The summed E-state index contributed by atoms with van der Waals surface area (Å²) in [6.07, 6.45) is 0.697. The topological polar surface area (TPSA) is 26.3 Å². The maximum Gasteiger partial charge on any atom is 0.302 e. The van der Waals surface area contributed by atoms with Crippen LogP contribution in [0.1, 0.15) is 12.5 Å². The Bertz CT molecular complexity index is 1090. The first-order valence-electron chi connectivity index (χ1n) is 8.86. The number of carbonyl (C=O) groups excluding carboxylic acids is 1. The van der Waals surface area contributed by atoms with Crippen molar-refractivity contribution in [3.8, 4) is 11.1 Å². The van der Waals surface area contributed by atoms with Gasteiger partial charge in [-0.3, -0.25) is 4.79 Å². The van der Waals surface area contributed by atoms with E-state index in [-0.39, 0.29) is 5.97 Å². The average molecular weight is 340 g/mol. The molecule has 0 spiro atoms. The summed E-state index contributed by atoms with van der Waals surface area (Å²) in [5.74, 6) is -0.238. The van der Waals surface area contributed by atoms with Crippen molar-refractivity contribution in [1.82, 2.24) is 0 Å². The highest BCUT2D eigenvalue weighted by molar-refractivity contribution is 6.06. The van der Waals surface area contributed by atoms with Crippen molar-refractivity contribution in [1.29, 1.82) is 0 Å². The summed E-state index contributed by atoms with van der Waals surface area (Å²) in [4.78, 5) is 11.2. The molecule has 0 bridgehead atoms. The fraction of sp³-hybridized carbons (Fsp3) is 0.125. The second-order valence-corrected chi connectivity index (χ2v) is 6.44. The highest BCUT2D eigenvalue weighted by Crippen LogP contribution is 2.36. The first-order valence-corrected chi connectivity index (χ1v) is 8.86. The number of esters is 1. The molecule has 0 atom stereocenters. The van der Waals surface area contributed by atoms with Crippen molar-refractivity contribution in [2.45, 2.75) is 13.3 Å². The molecule has 4 rings (SSSR count). The second kappa shape index (κ2) is 7.01. The Labute approximate surface area is 153 Å². The molecule has 0 amide bonds. The van der Waals surface area contributed by atoms with Crippen LogP contribution in [-0.2, 0) is 16.0 Å². The fourth-order valence-electron chi connectivity index (χ4n) is 3.59. The molecule has 0 N–H and O–H groups in total. The Kier molecular flexibility index (Phi) is 4.40. The van der Waals surface area contributed by atoms with Crippen molar-refractivity contribution in [2.24, 2.45) is 0 Å². The van der Waals surface area contributed by atoms with Crippen molar-refractivity contribution in [3.63, 3.8) is 0 Å². The first kappa shape index (κ1) is 16.3. The number of hydrogen-bond donors (Lipinski definition) is 0. The van der Waals surface area contributed by atoms with Crippen LogP contribution in [0.4, 0.5) is 0 Å². The molecule has 0 saturated heterocycles. The molecule has 0 aliphatic rings. The Morgan fingerprint density at radius 2 is 1.42 bits per heavy atom. The molecule has 0 saturated carbocycles. The number of benzene rings is 4. The molecule has 0 unspecified atom stereocenters. The summed E-state index contributed by atoms with van der Waals surface area (Å²) < 4.78 is 5.20. The van der Waals surface area contributed by atoms with Gasteiger partial charge in [0, 0.05) is 13.3 Å². The predicted molar refractivity (Wildman–Crippen MR) is 107 cm³/mol. The quantitative estimate of drug-likeness (QED) is 0.441. The lowest BCUT2D eigenvalue weighted by molar-refractivity contribution is -0.140. The third-order valence-corrected chi connectivity index (χ3v) is 4.75. The molecule has 128 valence electrons. The molecule has 26 heavy (non-hydrogen) atoms. The molecule has 2 heteroatoms. The third-order valence-electron chi connectivity index (χ3n) is 4.75. The molecular weight excluding hydrogens is 320 g/mol. The van der Waals surface area contributed by atoms with E-state index in [1.54, 1.807) is 0 Å². The number of hydrogen-bond acceptors (Lipinski definition) is 2. The molecule has 4 aromatic rings. The highest BCUT2D eigenvalue weighted by Gasteiger charge is 2.13. The zero-order chi connectivity index (χ0) is 17.9. The van der Waals surface area contributed by atoms with E-state index < -0.39 is 0 Å². The van der Waals surface area contributed by atoms with Gasteiger partial charge >= 0.3 is 5.97 Å². The molecule has 2 nitrogen and oxygen atoms in total. The largest absolute Gasteiger partial charge is 0.466 e. The lowest BCUT2D eigenvalue weighted by atomic mass is 9.89. The zero-order valence-corrected chi connectivity index (χ0v) is 14.7. The van der Waals surface area contributed by atoms with E-state index in [0.29, 0.717) is 13.0 Å². The number of fused-ring (bicyclic) bond motifs is 2. The van der Waals surface area contributed by atoms with Gasteiger partial charge in [0.2, 0.25) is 0 Å². The van der Waals surface area contributed by atoms with Gasteiger partial charge in [-0.15, -0.1) is 0 Å². The Morgan fingerprint density at radius 3 is 2.19 bits per heavy atom. The van der Waals surface area contributed by atoms with Gasteiger partial charge in [-0.25, -0.2) is 0 Å². The van der Waals surface area contributed by atoms with Crippen molar-refractivity contribution in [3.05, 3.63) is 84.4 Å². The van der Waals surface area contributed by atoms with Crippen LogP contribution in [-0.4, -0.2) is 12.6 Å². The van der Waals surface area contributed by atoms with Crippen LogP contribution in [0.15, 0.2) is 78.9 Å². The number of carbonyl (C=O) groups is 1. The first-order chi connectivity index (χ1) is 12.7. The lowest BCUT2D eigenvalue weighted by Gasteiger charge is -2.16. The molecular formula is C24H20O2. The maximum absolute atomic E-state index is 11.2. The Hall–Kier alpha value is -3.13. The minimum atomic E-state index is -0.238. The van der Waals surface area contributed by atoms with Crippen LogP contribution in [0.5, 0.6) is 0 Å². The average Bonchev–Trinajstić information content (AvgIpc) is 2.67. The molecule has 4 aromatic carbocycles. The lowest BCUT2D eigenvalue weighted by Crippen LogP contribution is -2.04. The molecule has 0 fully saturated rings. The van der Waals surface area contributed by atoms with Gasteiger partial charge in [-0.1, -0.05) is 78.9 Å². The Morgan fingerprint density at radius 1 is 0.769 bits per heavy atom. The van der Waals surface area contributed by atoms with Crippen molar-refractivity contribution < 1.29 is 9.53 Å². The number of rotatable bonds is 4. The fourth-order valence-corrected chi connectivity index (χ4v) is 3.59. The van der Waals surface area contributed by atoms with E-state index in [1.165, 1.54) is 45.2 Å². The summed E-state index contributed by atoms with van der Waals surface area (Å²) in [6, 6.07) is 27.6. The van der Waals surface area contributed by atoms with Gasteiger partial charge in [-0.2, -0.15) is 0 Å². The van der Waals surface area contributed by atoms with Gasteiger partial charge in [-0.05, 0) is 38.2 Å². The van der Waals surface area contributed by atoms with Gasteiger partial charge in [0.05, 0.1) is 6.61 Å². The van der Waals surface area contributed by atoms with Crippen LogP contribution in [0, 0.1) is 0 Å². The van der Waals surface area contributed by atoms with Crippen LogP contribution < -0.4 is 0 Å². The monoisotopic (exact) mass is 340 g/mol. The van der Waals surface area contributed by atoms with E-state index in [2.05, 4.69) is 78.9 Å². The summed E-state index contributed by atoms with van der Waals surface area (Å²) >= 11 is 0. The number of ether oxygens (including phenoxy) is 1.